The third-order valence-corrected chi connectivity index (χ3v) is 2.48. The predicted octanol–water partition coefficient (Wildman–Crippen LogP) is 0.352. The van der Waals surface area contributed by atoms with Gasteiger partial charge in [0.15, 0.2) is 0 Å². The minimum Gasteiger partial charge on any atom is -0.331 e. The Morgan fingerprint density at radius 2 is 2.23 bits per heavy atom. The maximum atomic E-state index is 11.6. The molecule has 1 atom stereocenters. The molecule has 0 aromatic rings. The van der Waals surface area contributed by atoms with Crippen LogP contribution in [-0.4, -0.2) is 56.1 Å². The van der Waals surface area contributed by atoms with E-state index in [1.807, 2.05) is 11.9 Å². The summed E-state index contributed by atoms with van der Waals surface area (Å²) in [5.74, 6) is 0. The fourth-order valence-corrected chi connectivity index (χ4v) is 1.67. The van der Waals surface area contributed by atoms with Crippen molar-refractivity contribution in [2.45, 2.75) is 18.9 Å². The molecule has 0 aromatic heterocycles. The van der Waals surface area contributed by atoms with Gasteiger partial charge in [0.05, 0.1) is 0 Å². The van der Waals surface area contributed by atoms with E-state index in [0.29, 0.717) is 6.04 Å². The highest BCUT2D eigenvalue weighted by Crippen LogP contribution is 2.10. The fourth-order valence-electron chi connectivity index (χ4n) is 1.67. The van der Waals surface area contributed by atoms with Crippen LogP contribution < -0.4 is 5.32 Å². The number of hydrogen-bond donors (Lipinski definition) is 1. The van der Waals surface area contributed by atoms with Gasteiger partial charge < -0.3 is 15.1 Å². The molecule has 1 heterocycles. The summed E-state index contributed by atoms with van der Waals surface area (Å²) in [4.78, 5) is 15.1. The molecular formula is C9H19N3O. The largest absolute Gasteiger partial charge is 0.331 e. The Labute approximate surface area is 79.9 Å². The first-order valence-corrected chi connectivity index (χ1v) is 4.78. The van der Waals surface area contributed by atoms with E-state index in [-0.39, 0.29) is 6.03 Å². The van der Waals surface area contributed by atoms with Gasteiger partial charge in [-0.15, -0.1) is 0 Å². The Bertz CT molecular complexity index is 182. The molecule has 0 saturated carbocycles. The van der Waals surface area contributed by atoms with Crippen LogP contribution in [0, 0.1) is 0 Å². The summed E-state index contributed by atoms with van der Waals surface area (Å²) >= 11 is 0. The summed E-state index contributed by atoms with van der Waals surface area (Å²) in [5, 5.41) is 3.22. The van der Waals surface area contributed by atoms with Crippen molar-refractivity contribution in [3.8, 4) is 0 Å². The van der Waals surface area contributed by atoms with Crippen LogP contribution in [0.4, 0.5) is 4.79 Å². The van der Waals surface area contributed by atoms with Crippen LogP contribution in [0.2, 0.25) is 0 Å². The van der Waals surface area contributed by atoms with Crippen molar-refractivity contribution < 1.29 is 4.79 Å². The molecule has 2 amide bonds. The second kappa shape index (κ2) is 4.46. The van der Waals surface area contributed by atoms with Gasteiger partial charge in [0.1, 0.15) is 0 Å². The molecule has 1 fully saturated rings. The van der Waals surface area contributed by atoms with Crippen LogP contribution in [0.15, 0.2) is 0 Å². The second-order valence-corrected chi connectivity index (χ2v) is 3.75. The number of piperidine rings is 1. The molecule has 0 aliphatic carbocycles. The number of nitrogens with zero attached hydrogens (tertiary/aromatic N) is 2. The highest BCUT2D eigenvalue weighted by atomic mass is 16.2. The molecule has 1 unspecified atom stereocenters. The maximum Gasteiger partial charge on any atom is 0.319 e. The van der Waals surface area contributed by atoms with Gasteiger partial charge in [0.2, 0.25) is 0 Å². The van der Waals surface area contributed by atoms with Crippen LogP contribution in [0.3, 0.4) is 0 Å². The van der Waals surface area contributed by atoms with Crippen molar-refractivity contribution in [1.82, 2.24) is 15.1 Å². The summed E-state index contributed by atoms with van der Waals surface area (Å²) in [7, 11) is 5.55. The molecular weight excluding hydrogens is 166 g/mol. The number of carbonyl (C=O) groups is 1. The summed E-state index contributed by atoms with van der Waals surface area (Å²) < 4.78 is 0. The summed E-state index contributed by atoms with van der Waals surface area (Å²) in [6.45, 7) is 1.74. The molecule has 4 nitrogen and oxygen atoms in total. The Morgan fingerprint density at radius 1 is 1.54 bits per heavy atom. The topological polar surface area (TPSA) is 35.6 Å². The average molecular weight is 185 g/mol. The summed E-state index contributed by atoms with van der Waals surface area (Å²) in [6.07, 6.45) is 2.28. The van der Waals surface area contributed by atoms with Crippen molar-refractivity contribution in [3.63, 3.8) is 0 Å². The number of rotatable bonds is 1. The van der Waals surface area contributed by atoms with Gasteiger partial charge in [-0.05, 0) is 19.9 Å². The van der Waals surface area contributed by atoms with Gasteiger partial charge in [-0.3, -0.25) is 0 Å². The van der Waals surface area contributed by atoms with E-state index in [9.17, 15) is 4.79 Å². The fraction of sp³-hybridized carbons (Fsp3) is 0.889. The SMILES string of the molecule is CNC1CCCN(C(=O)N(C)C)C1. The highest BCUT2D eigenvalue weighted by Gasteiger charge is 2.23. The van der Waals surface area contributed by atoms with Crippen molar-refractivity contribution in [2.24, 2.45) is 0 Å². The third kappa shape index (κ3) is 2.59. The number of likely N-dealkylation sites (N-methyl/N-ethyl adjacent to an activating group) is 1. The standard InChI is InChI=1S/C9H19N3O/c1-10-8-5-4-6-12(7-8)9(13)11(2)3/h8,10H,4-7H2,1-3H3. The van der Waals surface area contributed by atoms with Gasteiger partial charge >= 0.3 is 6.03 Å². The number of urea groups is 1. The molecule has 1 aliphatic rings. The average Bonchev–Trinajstić information content (AvgIpc) is 2.16. The third-order valence-electron chi connectivity index (χ3n) is 2.48. The van der Waals surface area contributed by atoms with Crippen LogP contribution in [0.1, 0.15) is 12.8 Å². The van der Waals surface area contributed by atoms with Crippen molar-refractivity contribution in [2.75, 3.05) is 34.2 Å². The van der Waals surface area contributed by atoms with E-state index in [2.05, 4.69) is 5.32 Å². The number of amides is 2. The summed E-state index contributed by atoms with van der Waals surface area (Å²) in [5.41, 5.74) is 0. The van der Waals surface area contributed by atoms with E-state index >= 15 is 0 Å². The molecule has 1 N–H and O–H groups in total. The van der Waals surface area contributed by atoms with E-state index in [4.69, 9.17) is 0 Å². The lowest BCUT2D eigenvalue weighted by atomic mass is 10.1. The number of carbonyl (C=O) groups excluding carboxylic acids is 1. The van der Waals surface area contributed by atoms with Crippen molar-refractivity contribution in [1.29, 1.82) is 0 Å². The molecule has 1 rings (SSSR count). The second-order valence-electron chi connectivity index (χ2n) is 3.75. The zero-order valence-electron chi connectivity index (χ0n) is 8.71. The molecule has 76 valence electrons. The first kappa shape index (κ1) is 10.3. The number of hydrogen-bond acceptors (Lipinski definition) is 2. The molecule has 0 aromatic carbocycles. The van der Waals surface area contributed by atoms with Gasteiger partial charge in [-0.1, -0.05) is 0 Å². The molecule has 0 bridgehead atoms. The Balaban J connectivity index is 2.46. The van der Waals surface area contributed by atoms with Crippen LogP contribution in [0.5, 0.6) is 0 Å². The number of likely N-dealkylation sites (tertiary alicyclic amines) is 1. The first-order valence-electron chi connectivity index (χ1n) is 4.78. The monoisotopic (exact) mass is 185 g/mol. The lowest BCUT2D eigenvalue weighted by Crippen LogP contribution is -2.49. The predicted molar refractivity (Wildman–Crippen MR) is 52.7 cm³/mol. The van der Waals surface area contributed by atoms with Crippen LogP contribution >= 0.6 is 0 Å². The minimum atomic E-state index is 0.125. The van der Waals surface area contributed by atoms with Crippen molar-refractivity contribution in [3.05, 3.63) is 0 Å². The number of nitrogens with one attached hydrogen (secondary N) is 1. The Hall–Kier alpha value is -0.770. The van der Waals surface area contributed by atoms with Crippen LogP contribution in [-0.2, 0) is 0 Å². The van der Waals surface area contributed by atoms with E-state index in [1.54, 1.807) is 19.0 Å². The van der Waals surface area contributed by atoms with Gasteiger partial charge in [0.25, 0.3) is 0 Å². The Morgan fingerprint density at radius 3 is 2.77 bits per heavy atom. The van der Waals surface area contributed by atoms with E-state index in [0.717, 1.165) is 19.5 Å². The lowest BCUT2D eigenvalue weighted by molar-refractivity contribution is 0.151. The highest BCUT2D eigenvalue weighted by molar-refractivity contribution is 5.73. The maximum absolute atomic E-state index is 11.6. The minimum absolute atomic E-state index is 0.125. The van der Waals surface area contributed by atoms with Crippen molar-refractivity contribution >= 4 is 6.03 Å². The summed E-state index contributed by atoms with van der Waals surface area (Å²) in [6, 6.07) is 0.595. The molecule has 0 radical (unpaired) electrons. The molecule has 13 heavy (non-hydrogen) atoms. The Kier molecular flexibility index (Phi) is 3.54. The quantitative estimate of drug-likeness (QED) is 0.640. The molecule has 1 saturated heterocycles. The van der Waals surface area contributed by atoms with Gasteiger partial charge in [0, 0.05) is 33.2 Å². The zero-order chi connectivity index (χ0) is 9.84. The van der Waals surface area contributed by atoms with E-state index < -0.39 is 0 Å². The van der Waals surface area contributed by atoms with Gasteiger partial charge in [-0.25, -0.2) is 4.79 Å². The smallest absolute Gasteiger partial charge is 0.319 e. The molecule has 1 aliphatic heterocycles. The zero-order valence-corrected chi connectivity index (χ0v) is 8.71. The lowest BCUT2D eigenvalue weighted by Gasteiger charge is -2.34. The first-order chi connectivity index (χ1) is 6.15. The van der Waals surface area contributed by atoms with E-state index in [1.165, 1.54) is 6.42 Å². The van der Waals surface area contributed by atoms with Gasteiger partial charge in [-0.2, -0.15) is 0 Å². The van der Waals surface area contributed by atoms with Crippen LogP contribution in [0.25, 0.3) is 0 Å². The molecule has 0 spiro atoms. The molecule has 4 heteroatoms. The normalized spacial score (nSPS) is 23.0.